The number of morpholine rings is 1. The van der Waals surface area contributed by atoms with Crippen molar-refractivity contribution in [3.63, 3.8) is 0 Å². The van der Waals surface area contributed by atoms with E-state index in [1.807, 2.05) is 49.9 Å². The standard InChI is InChI=1S/C18H24N4O3/c1-13-5-4-6-17(7-13)24-12-16-10-22(20-19-16)11-18(23)21-8-14(2)25-15(3)9-21/h4-7,10,14-15H,8-9,11-12H2,1-3H3/t14-,15+. The lowest BCUT2D eigenvalue weighted by Crippen LogP contribution is -2.49. The highest BCUT2D eigenvalue weighted by molar-refractivity contribution is 5.76. The lowest BCUT2D eigenvalue weighted by Gasteiger charge is -2.35. The molecule has 7 heteroatoms. The first kappa shape index (κ1) is 17.4. The van der Waals surface area contributed by atoms with E-state index in [9.17, 15) is 4.79 Å². The van der Waals surface area contributed by atoms with Gasteiger partial charge in [0.1, 0.15) is 24.6 Å². The molecule has 2 heterocycles. The van der Waals surface area contributed by atoms with Crippen LogP contribution in [0.4, 0.5) is 0 Å². The van der Waals surface area contributed by atoms with Gasteiger partial charge in [-0.25, -0.2) is 4.68 Å². The van der Waals surface area contributed by atoms with Gasteiger partial charge in [0, 0.05) is 13.1 Å². The van der Waals surface area contributed by atoms with Gasteiger partial charge in [0.25, 0.3) is 0 Å². The number of rotatable bonds is 5. The third-order valence-corrected chi connectivity index (χ3v) is 4.03. The third kappa shape index (κ3) is 4.79. The van der Waals surface area contributed by atoms with E-state index in [-0.39, 0.29) is 24.7 Å². The average molecular weight is 344 g/mol. The fourth-order valence-electron chi connectivity index (χ4n) is 2.96. The van der Waals surface area contributed by atoms with Gasteiger partial charge in [-0.05, 0) is 38.5 Å². The quantitative estimate of drug-likeness (QED) is 0.827. The molecule has 1 saturated heterocycles. The van der Waals surface area contributed by atoms with Gasteiger partial charge in [-0.2, -0.15) is 0 Å². The molecule has 0 radical (unpaired) electrons. The first-order valence-electron chi connectivity index (χ1n) is 8.51. The largest absolute Gasteiger partial charge is 0.487 e. The molecule has 25 heavy (non-hydrogen) atoms. The van der Waals surface area contributed by atoms with Crippen LogP contribution in [0.25, 0.3) is 0 Å². The van der Waals surface area contributed by atoms with Gasteiger partial charge in [-0.15, -0.1) is 5.10 Å². The fourth-order valence-corrected chi connectivity index (χ4v) is 2.96. The van der Waals surface area contributed by atoms with Crippen LogP contribution in [0.5, 0.6) is 5.75 Å². The monoisotopic (exact) mass is 344 g/mol. The summed E-state index contributed by atoms with van der Waals surface area (Å²) in [6, 6.07) is 7.84. The van der Waals surface area contributed by atoms with Gasteiger partial charge in [0.2, 0.25) is 5.91 Å². The smallest absolute Gasteiger partial charge is 0.244 e. The summed E-state index contributed by atoms with van der Waals surface area (Å²) in [6.45, 7) is 7.70. The fraction of sp³-hybridized carbons (Fsp3) is 0.500. The topological polar surface area (TPSA) is 69.5 Å². The maximum absolute atomic E-state index is 12.4. The Labute approximate surface area is 147 Å². The van der Waals surface area contributed by atoms with Gasteiger partial charge in [0.05, 0.1) is 18.4 Å². The average Bonchev–Trinajstić information content (AvgIpc) is 2.99. The number of carbonyl (C=O) groups is 1. The Morgan fingerprint density at radius 2 is 2.08 bits per heavy atom. The van der Waals surface area contributed by atoms with Crippen molar-refractivity contribution in [2.45, 2.75) is 46.1 Å². The highest BCUT2D eigenvalue weighted by atomic mass is 16.5. The molecule has 3 rings (SSSR count). The maximum atomic E-state index is 12.4. The SMILES string of the molecule is Cc1cccc(OCc2cn(CC(=O)N3C[C@@H](C)O[C@@H](C)C3)nn2)c1. The second-order valence-corrected chi connectivity index (χ2v) is 6.57. The molecule has 1 aromatic carbocycles. The molecule has 0 saturated carbocycles. The van der Waals surface area contributed by atoms with Crippen LogP contribution in [0.1, 0.15) is 25.1 Å². The van der Waals surface area contributed by atoms with E-state index in [0.29, 0.717) is 25.4 Å². The minimum atomic E-state index is 0.0260. The van der Waals surface area contributed by atoms with Crippen molar-refractivity contribution in [2.24, 2.45) is 0 Å². The van der Waals surface area contributed by atoms with E-state index < -0.39 is 0 Å². The van der Waals surface area contributed by atoms with Crippen molar-refractivity contribution in [3.8, 4) is 5.75 Å². The summed E-state index contributed by atoms with van der Waals surface area (Å²) < 4.78 is 12.9. The maximum Gasteiger partial charge on any atom is 0.244 e. The molecule has 134 valence electrons. The van der Waals surface area contributed by atoms with E-state index in [1.165, 1.54) is 0 Å². The number of carbonyl (C=O) groups excluding carboxylic acids is 1. The van der Waals surface area contributed by atoms with Gasteiger partial charge in [0.15, 0.2) is 0 Å². The molecule has 1 aromatic heterocycles. The molecular formula is C18H24N4O3. The van der Waals surface area contributed by atoms with Gasteiger partial charge in [-0.1, -0.05) is 17.3 Å². The Morgan fingerprint density at radius 3 is 2.80 bits per heavy atom. The number of amides is 1. The second-order valence-electron chi connectivity index (χ2n) is 6.57. The molecule has 1 aliphatic heterocycles. The van der Waals surface area contributed by atoms with Crippen molar-refractivity contribution in [2.75, 3.05) is 13.1 Å². The number of nitrogens with zero attached hydrogens (tertiary/aromatic N) is 4. The predicted octanol–water partition coefficient (Wildman–Crippen LogP) is 1.80. The Balaban J connectivity index is 1.53. The lowest BCUT2D eigenvalue weighted by atomic mass is 10.2. The molecule has 0 bridgehead atoms. The Morgan fingerprint density at radius 1 is 1.32 bits per heavy atom. The zero-order valence-corrected chi connectivity index (χ0v) is 14.9. The Bertz CT molecular complexity index is 721. The van der Waals surface area contributed by atoms with E-state index >= 15 is 0 Å². The van der Waals surface area contributed by atoms with Crippen LogP contribution < -0.4 is 4.74 Å². The van der Waals surface area contributed by atoms with Crippen LogP contribution in [0.2, 0.25) is 0 Å². The number of ether oxygens (including phenoxy) is 2. The summed E-state index contributed by atoms with van der Waals surface area (Å²) >= 11 is 0. The van der Waals surface area contributed by atoms with Crippen LogP contribution in [-0.2, 0) is 22.7 Å². The molecule has 0 unspecified atom stereocenters. The summed E-state index contributed by atoms with van der Waals surface area (Å²) in [6.07, 6.45) is 1.87. The van der Waals surface area contributed by atoms with E-state index in [2.05, 4.69) is 10.3 Å². The molecule has 1 amide bonds. The van der Waals surface area contributed by atoms with Crippen molar-refractivity contribution in [3.05, 3.63) is 41.7 Å². The minimum Gasteiger partial charge on any atom is -0.487 e. The number of benzene rings is 1. The molecule has 1 aliphatic rings. The summed E-state index contributed by atoms with van der Waals surface area (Å²) in [5.74, 6) is 0.819. The molecule has 1 fully saturated rings. The van der Waals surface area contributed by atoms with E-state index in [0.717, 1.165) is 11.3 Å². The first-order chi connectivity index (χ1) is 12.0. The van der Waals surface area contributed by atoms with Gasteiger partial charge >= 0.3 is 0 Å². The van der Waals surface area contributed by atoms with Crippen LogP contribution in [0.3, 0.4) is 0 Å². The summed E-state index contributed by atoms with van der Waals surface area (Å²) in [5.41, 5.74) is 1.83. The molecule has 0 spiro atoms. The number of hydrogen-bond donors (Lipinski definition) is 0. The molecule has 0 N–H and O–H groups in total. The van der Waals surface area contributed by atoms with Crippen LogP contribution in [0, 0.1) is 6.92 Å². The zero-order valence-electron chi connectivity index (χ0n) is 14.9. The van der Waals surface area contributed by atoms with Crippen molar-refractivity contribution >= 4 is 5.91 Å². The van der Waals surface area contributed by atoms with E-state index in [4.69, 9.17) is 9.47 Å². The second kappa shape index (κ2) is 7.65. The molecule has 0 aliphatic carbocycles. The summed E-state index contributed by atoms with van der Waals surface area (Å²) in [7, 11) is 0. The Hall–Kier alpha value is -2.41. The van der Waals surface area contributed by atoms with Crippen LogP contribution in [-0.4, -0.2) is 51.1 Å². The first-order valence-corrected chi connectivity index (χ1v) is 8.51. The number of aromatic nitrogens is 3. The molecule has 2 aromatic rings. The van der Waals surface area contributed by atoms with E-state index in [1.54, 1.807) is 10.9 Å². The highest BCUT2D eigenvalue weighted by Gasteiger charge is 2.26. The number of aryl methyl sites for hydroxylation is 1. The van der Waals surface area contributed by atoms with Gasteiger partial charge < -0.3 is 14.4 Å². The van der Waals surface area contributed by atoms with Crippen molar-refractivity contribution in [1.82, 2.24) is 19.9 Å². The summed E-state index contributed by atoms with van der Waals surface area (Å²) in [4.78, 5) is 14.3. The van der Waals surface area contributed by atoms with Gasteiger partial charge in [-0.3, -0.25) is 4.79 Å². The Kier molecular flexibility index (Phi) is 5.33. The summed E-state index contributed by atoms with van der Waals surface area (Å²) in [5, 5.41) is 8.10. The van der Waals surface area contributed by atoms with Crippen molar-refractivity contribution < 1.29 is 14.3 Å². The van der Waals surface area contributed by atoms with Crippen LogP contribution in [0.15, 0.2) is 30.5 Å². The zero-order chi connectivity index (χ0) is 17.8. The number of hydrogen-bond acceptors (Lipinski definition) is 5. The minimum absolute atomic E-state index is 0.0260. The highest BCUT2D eigenvalue weighted by Crippen LogP contribution is 2.14. The molecule has 2 atom stereocenters. The molecule has 7 nitrogen and oxygen atoms in total. The van der Waals surface area contributed by atoms with Crippen molar-refractivity contribution in [1.29, 1.82) is 0 Å². The normalized spacial score (nSPS) is 20.5. The lowest BCUT2D eigenvalue weighted by molar-refractivity contribution is -0.144. The third-order valence-electron chi connectivity index (χ3n) is 4.03. The van der Waals surface area contributed by atoms with Crippen LogP contribution >= 0.6 is 0 Å². The molecular weight excluding hydrogens is 320 g/mol. The predicted molar refractivity (Wildman–Crippen MR) is 92.1 cm³/mol.